The molecule has 2 atom stereocenters. The number of furan rings is 1. The van der Waals surface area contributed by atoms with E-state index in [2.05, 4.69) is 0 Å². The van der Waals surface area contributed by atoms with Crippen LogP contribution >= 0.6 is 0 Å². The molecular weight excluding hydrogens is 274 g/mol. The lowest BCUT2D eigenvalue weighted by atomic mass is 10.2. The van der Waals surface area contributed by atoms with Gasteiger partial charge in [0.1, 0.15) is 11.6 Å². The molecule has 0 unspecified atom stereocenters. The maximum Gasteiger partial charge on any atom is 0.326 e. The maximum absolute atomic E-state index is 12.4. The standard InChI is InChI=1S/C15H15NO5/c1-8-2-3-12-9(4-8)5-13(21-12)14(18)16-7-10(17)6-11(16)15(19)20/h2-5,10-11,17H,6-7H2,1H3,(H,19,20)/t10-,11-/m0/s1. The van der Waals surface area contributed by atoms with E-state index in [0.717, 1.165) is 15.8 Å². The van der Waals surface area contributed by atoms with Gasteiger partial charge in [0.2, 0.25) is 0 Å². The molecule has 6 heteroatoms. The summed E-state index contributed by atoms with van der Waals surface area (Å²) in [6.45, 7) is 1.94. The lowest BCUT2D eigenvalue weighted by Gasteiger charge is -2.19. The Labute approximate surface area is 120 Å². The van der Waals surface area contributed by atoms with Crippen molar-refractivity contribution in [2.45, 2.75) is 25.5 Å². The van der Waals surface area contributed by atoms with Crippen LogP contribution in [0.1, 0.15) is 22.5 Å². The number of rotatable bonds is 2. The third-order valence-electron chi connectivity index (χ3n) is 3.71. The minimum absolute atomic E-state index is 0.00583. The van der Waals surface area contributed by atoms with Crippen LogP contribution in [0.15, 0.2) is 28.7 Å². The van der Waals surface area contributed by atoms with Crippen molar-refractivity contribution in [2.24, 2.45) is 0 Å². The van der Waals surface area contributed by atoms with Crippen LogP contribution in [-0.4, -0.2) is 45.7 Å². The van der Waals surface area contributed by atoms with E-state index in [9.17, 15) is 14.7 Å². The van der Waals surface area contributed by atoms with Gasteiger partial charge < -0.3 is 19.5 Å². The van der Waals surface area contributed by atoms with Gasteiger partial charge in [0.05, 0.1) is 6.10 Å². The lowest BCUT2D eigenvalue weighted by molar-refractivity contribution is -0.141. The number of aliphatic hydroxyl groups is 1. The molecule has 3 rings (SSSR count). The highest BCUT2D eigenvalue weighted by molar-refractivity contribution is 5.98. The van der Waals surface area contributed by atoms with Gasteiger partial charge in [-0.3, -0.25) is 4.79 Å². The van der Waals surface area contributed by atoms with E-state index < -0.39 is 24.0 Å². The summed E-state index contributed by atoms with van der Waals surface area (Å²) in [6, 6.07) is 6.13. The topological polar surface area (TPSA) is 91.0 Å². The third kappa shape index (κ3) is 2.38. The number of hydrogen-bond donors (Lipinski definition) is 2. The Balaban J connectivity index is 1.94. The number of β-amino-alcohol motifs (C(OH)–C–C–N with tert-alkyl or cyclic N) is 1. The van der Waals surface area contributed by atoms with Gasteiger partial charge in [-0.25, -0.2) is 4.79 Å². The summed E-state index contributed by atoms with van der Waals surface area (Å²) in [6.07, 6.45) is -0.776. The number of aryl methyl sites for hydroxylation is 1. The largest absolute Gasteiger partial charge is 0.480 e. The van der Waals surface area contributed by atoms with Gasteiger partial charge in [-0.2, -0.15) is 0 Å². The van der Waals surface area contributed by atoms with Crippen molar-refractivity contribution in [3.8, 4) is 0 Å². The SMILES string of the molecule is Cc1ccc2oc(C(=O)N3C[C@@H](O)C[C@H]3C(=O)O)cc2c1. The predicted molar refractivity (Wildman–Crippen MR) is 74.0 cm³/mol. The average Bonchev–Trinajstić information content (AvgIpc) is 3.00. The Bertz CT molecular complexity index is 720. The number of carboxylic acid groups (broad SMARTS) is 1. The van der Waals surface area contributed by atoms with Crippen molar-refractivity contribution in [1.29, 1.82) is 0 Å². The van der Waals surface area contributed by atoms with Crippen molar-refractivity contribution < 1.29 is 24.2 Å². The molecule has 0 aliphatic carbocycles. The summed E-state index contributed by atoms with van der Waals surface area (Å²) in [5.74, 6) is -1.53. The Morgan fingerprint density at radius 1 is 1.33 bits per heavy atom. The van der Waals surface area contributed by atoms with Crippen LogP contribution in [0.2, 0.25) is 0 Å². The number of benzene rings is 1. The van der Waals surface area contributed by atoms with E-state index in [1.807, 2.05) is 19.1 Å². The third-order valence-corrected chi connectivity index (χ3v) is 3.71. The molecule has 1 aromatic carbocycles. The minimum Gasteiger partial charge on any atom is -0.480 e. The zero-order valence-electron chi connectivity index (χ0n) is 11.4. The average molecular weight is 289 g/mol. The number of likely N-dealkylation sites (tertiary alicyclic amines) is 1. The number of carboxylic acids is 1. The fraction of sp³-hybridized carbons (Fsp3) is 0.333. The van der Waals surface area contributed by atoms with Crippen molar-refractivity contribution in [3.05, 3.63) is 35.6 Å². The van der Waals surface area contributed by atoms with Crippen LogP contribution in [0.4, 0.5) is 0 Å². The van der Waals surface area contributed by atoms with Crippen molar-refractivity contribution >= 4 is 22.8 Å². The van der Waals surface area contributed by atoms with E-state index in [-0.39, 0.29) is 18.7 Å². The second-order valence-electron chi connectivity index (χ2n) is 5.35. The number of amides is 1. The van der Waals surface area contributed by atoms with E-state index >= 15 is 0 Å². The van der Waals surface area contributed by atoms with Crippen molar-refractivity contribution in [1.82, 2.24) is 4.90 Å². The number of aliphatic hydroxyl groups excluding tert-OH is 1. The first-order valence-electron chi connectivity index (χ1n) is 6.68. The van der Waals surface area contributed by atoms with Gasteiger partial charge in [-0.05, 0) is 25.1 Å². The molecule has 2 heterocycles. The molecule has 21 heavy (non-hydrogen) atoms. The molecule has 0 spiro atoms. The van der Waals surface area contributed by atoms with Gasteiger partial charge in [-0.15, -0.1) is 0 Å². The molecule has 0 saturated carbocycles. The second kappa shape index (κ2) is 4.89. The lowest BCUT2D eigenvalue weighted by Crippen LogP contribution is -2.40. The summed E-state index contributed by atoms with van der Waals surface area (Å²) in [4.78, 5) is 24.7. The smallest absolute Gasteiger partial charge is 0.326 e. The molecule has 1 aliphatic rings. The zero-order valence-corrected chi connectivity index (χ0v) is 11.4. The maximum atomic E-state index is 12.4. The van der Waals surface area contributed by atoms with E-state index in [1.54, 1.807) is 12.1 Å². The Morgan fingerprint density at radius 2 is 2.10 bits per heavy atom. The number of carbonyl (C=O) groups is 2. The Kier molecular flexibility index (Phi) is 3.17. The van der Waals surface area contributed by atoms with E-state index in [0.29, 0.717) is 5.58 Å². The summed E-state index contributed by atoms with van der Waals surface area (Å²) >= 11 is 0. The normalized spacial score (nSPS) is 21.9. The van der Waals surface area contributed by atoms with Gasteiger partial charge in [-0.1, -0.05) is 11.6 Å². The molecule has 1 aliphatic heterocycles. The number of carbonyl (C=O) groups excluding carboxylic acids is 1. The number of hydrogen-bond acceptors (Lipinski definition) is 4. The fourth-order valence-corrected chi connectivity index (χ4v) is 2.68. The molecule has 1 fully saturated rings. The Hall–Kier alpha value is -2.34. The summed E-state index contributed by atoms with van der Waals surface area (Å²) in [5.41, 5.74) is 1.62. The van der Waals surface area contributed by atoms with Crippen LogP contribution < -0.4 is 0 Å². The number of aliphatic carboxylic acids is 1. The quantitative estimate of drug-likeness (QED) is 0.872. The highest BCUT2D eigenvalue weighted by Gasteiger charge is 2.40. The van der Waals surface area contributed by atoms with Crippen LogP contribution in [0.25, 0.3) is 11.0 Å². The Morgan fingerprint density at radius 3 is 2.81 bits per heavy atom. The molecule has 0 radical (unpaired) electrons. The van der Waals surface area contributed by atoms with Crippen LogP contribution in [0.3, 0.4) is 0 Å². The van der Waals surface area contributed by atoms with Gasteiger partial charge in [0.15, 0.2) is 5.76 Å². The van der Waals surface area contributed by atoms with Gasteiger partial charge in [0, 0.05) is 18.4 Å². The van der Waals surface area contributed by atoms with Crippen molar-refractivity contribution in [2.75, 3.05) is 6.54 Å². The summed E-state index contributed by atoms with van der Waals surface area (Å²) in [5, 5.41) is 19.5. The molecule has 0 bridgehead atoms. The molecule has 1 aromatic heterocycles. The number of fused-ring (bicyclic) bond motifs is 1. The molecular formula is C15H15NO5. The molecule has 6 nitrogen and oxygen atoms in total. The van der Waals surface area contributed by atoms with Crippen LogP contribution in [0.5, 0.6) is 0 Å². The van der Waals surface area contributed by atoms with Crippen molar-refractivity contribution in [3.63, 3.8) is 0 Å². The highest BCUT2D eigenvalue weighted by Crippen LogP contribution is 2.25. The molecule has 2 N–H and O–H groups in total. The second-order valence-corrected chi connectivity index (χ2v) is 5.35. The molecule has 2 aromatic rings. The van der Waals surface area contributed by atoms with E-state index in [4.69, 9.17) is 9.52 Å². The highest BCUT2D eigenvalue weighted by atomic mass is 16.4. The molecule has 1 saturated heterocycles. The molecule has 1 amide bonds. The first-order chi connectivity index (χ1) is 9.95. The first kappa shape index (κ1) is 13.6. The van der Waals surface area contributed by atoms with Crippen LogP contribution in [0, 0.1) is 6.92 Å². The summed E-state index contributed by atoms with van der Waals surface area (Å²) in [7, 11) is 0. The zero-order chi connectivity index (χ0) is 15.1. The van der Waals surface area contributed by atoms with Crippen LogP contribution in [-0.2, 0) is 4.79 Å². The number of nitrogens with zero attached hydrogens (tertiary/aromatic N) is 1. The fourth-order valence-electron chi connectivity index (χ4n) is 2.68. The monoisotopic (exact) mass is 289 g/mol. The predicted octanol–water partition coefficient (Wildman–Crippen LogP) is 1.40. The van der Waals surface area contributed by atoms with E-state index in [1.165, 1.54) is 0 Å². The first-order valence-corrected chi connectivity index (χ1v) is 6.68. The molecule has 110 valence electrons. The summed E-state index contributed by atoms with van der Waals surface area (Å²) < 4.78 is 5.49. The minimum atomic E-state index is -1.12. The van der Waals surface area contributed by atoms with Gasteiger partial charge in [0.25, 0.3) is 5.91 Å². The van der Waals surface area contributed by atoms with Gasteiger partial charge >= 0.3 is 5.97 Å².